The van der Waals surface area contributed by atoms with Crippen molar-refractivity contribution in [3.63, 3.8) is 0 Å². The normalized spacial score (nSPS) is 9.76. The number of phenolic OH excluding ortho intramolecular Hbond substituents is 2. The summed E-state index contributed by atoms with van der Waals surface area (Å²) in [5.41, 5.74) is -0.0154. The van der Waals surface area contributed by atoms with Crippen molar-refractivity contribution in [3.8, 4) is 17.2 Å². The number of carbonyl (C=O) groups excluding carboxylic acids is 2. The lowest BCUT2D eigenvalue weighted by Crippen LogP contribution is -2.07. The van der Waals surface area contributed by atoms with Crippen LogP contribution in [0, 0.1) is 0 Å². The zero-order chi connectivity index (χ0) is 13.0. The smallest absolute Gasteiger partial charge is 0.338 e. The van der Waals surface area contributed by atoms with Crippen molar-refractivity contribution in [1.29, 1.82) is 0 Å². The van der Waals surface area contributed by atoms with Crippen LogP contribution >= 0.6 is 0 Å². The lowest BCUT2D eigenvalue weighted by atomic mass is 10.2. The van der Waals surface area contributed by atoms with Gasteiger partial charge in [0.1, 0.15) is 0 Å². The first kappa shape index (κ1) is 12.8. The van der Waals surface area contributed by atoms with Gasteiger partial charge in [-0.25, -0.2) is 4.79 Å². The second-order valence-electron chi connectivity index (χ2n) is 3.16. The monoisotopic (exact) mass is 240 g/mol. The molecule has 0 aliphatic rings. The molecule has 17 heavy (non-hydrogen) atoms. The number of benzene rings is 1. The van der Waals surface area contributed by atoms with Crippen LogP contribution in [0.15, 0.2) is 12.1 Å². The fraction of sp³-hybridized carbons (Fsp3) is 0.273. The van der Waals surface area contributed by atoms with E-state index in [0.29, 0.717) is 0 Å². The lowest BCUT2D eigenvalue weighted by molar-refractivity contribution is -0.132. The summed E-state index contributed by atoms with van der Waals surface area (Å²) < 4.78 is 9.35. The van der Waals surface area contributed by atoms with Gasteiger partial charge in [0, 0.05) is 6.92 Å². The van der Waals surface area contributed by atoms with E-state index in [0.717, 1.165) is 19.1 Å². The van der Waals surface area contributed by atoms with Crippen molar-refractivity contribution < 1.29 is 29.3 Å². The van der Waals surface area contributed by atoms with Gasteiger partial charge < -0.3 is 19.7 Å². The molecule has 2 N–H and O–H groups in total. The Morgan fingerprint density at radius 1 is 1.29 bits per heavy atom. The van der Waals surface area contributed by atoms with Crippen molar-refractivity contribution in [2.75, 3.05) is 6.61 Å². The summed E-state index contributed by atoms with van der Waals surface area (Å²) >= 11 is 0. The van der Waals surface area contributed by atoms with E-state index in [4.69, 9.17) is 4.74 Å². The van der Waals surface area contributed by atoms with Gasteiger partial charge in [-0.1, -0.05) is 0 Å². The van der Waals surface area contributed by atoms with E-state index >= 15 is 0 Å². The van der Waals surface area contributed by atoms with Crippen molar-refractivity contribution in [1.82, 2.24) is 0 Å². The zero-order valence-electron chi connectivity index (χ0n) is 9.39. The molecule has 0 bridgehead atoms. The van der Waals surface area contributed by atoms with Gasteiger partial charge in [-0.05, 0) is 19.1 Å². The van der Waals surface area contributed by atoms with Gasteiger partial charge in [-0.15, -0.1) is 0 Å². The van der Waals surface area contributed by atoms with Gasteiger partial charge in [0.15, 0.2) is 11.5 Å². The van der Waals surface area contributed by atoms with Gasteiger partial charge in [0.05, 0.1) is 12.2 Å². The molecule has 0 fully saturated rings. The molecule has 0 spiro atoms. The molecule has 1 rings (SSSR count). The third kappa shape index (κ3) is 3.10. The highest BCUT2D eigenvalue weighted by Crippen LogP contribution is 2.36. The molecule has 92 valence electrons. The van der Waals surface area contributed by atoms with Crippen LogP contribution in [0.5, 0.6) is 17.2 Å². The largest absolute Gasteiger partial charge is 0.504 e. The molecule has 0 saturated heterocycles. The number of esters is 2. The average Bonchev–Trinajstić information content (AvgIpc) is 2.24. The molecule has 0 aliphatic carbocycles. The van der Waals surface area contributed by atoms with Crippen molar-refractivity contribution in [2.45, 2.75) is 13.8 Å². The molecule has 1 aromatic carbocycles. The number of rotatable bonds is 3. The second kappa shape index (κ2) is 5.20. The lowest BCUT2D eigenvalue weighted by Gasteiger charge is -2.08. The van der Waals surface area contributed by atoms with Crippen LogP contribution in [0.2, 0.25) is 0 Å². The number of phenols is 2. The predicted octanol–water partition coefficient (Wildman–Crippen LogP) is 1.20. The molecule has 0 atom stereocenters. The summed E-state index contributed by atoms with van der Waals surface area (Å²) in [6.07, 6.45) is 0. The van der Waals surface area contributed by atoms with Crippen LogP contribution in [-0.4, -0.2) is 28.8 Å². The first-order valence-corrected chi connectivity index (χ1v) is 4.87. The van der Waals surface area contributed by atoms with E-state index in [1.807, 2.05) is 0 Å². The number of aromatic hydroxyl groups is 2. The molecular weight excluding hydrogens is 228 g/mol. The van der Waals surface area contributed by atoms with E-state index < -0.39 is 23.4 Å². The maximum Gasteiger partial charge on any atom is 0.338 e. The molecule has 6 heteroatoms. The van der Waals surface area contributed by atoms with Gasteiger partial charge in [0.25, 0.3) is 0 Å². The summed E-state index contributed by atoms with van der Waals surface area (Å²) in [7, 11) is 0. The SMILES string of the molecule is CCOC(=O)c1cc(O)c(O)c(OC(C)=O)c1. The topological polar surface area (TPSA) is 93.1 Å². The maximum absolute atomic E-state index is 11.4. The molecule has 0 aliphatic heterocycles. The van der Waals surface area contributed by atoms with Crippen LogP contribution in [-0.2, 0) is 9.53 Å². The summed E-state index contributed by atoms with van der Waals surface area (Å²) in [5.74, 6) is -2.82. The Hall–Kier alpha value is -2.24. The standard InChI is InChI=1S/C11H12O6/c1-3-16-11(15)7-4-8(13)10(14)9(5-7)17-6(2)12/h4-5,13-14H,3H2,1-2H3. The van der Waals surface area contributed by atoms with Gasteiger partial charge in [-0.2, -0.15) is 0 Å². The quantitative estimate of drug-likeness (QED) is 0.468. The first-order chi connectivity index (χ1) is 7.95. The Kier molecular flexibility index (Phi) is 3.92. The predicted molar refractivity (Wildman–Crippen MR) is 57.0 cm³/mol. The van der Waals surface area contributed by atoms with Crippen molar-refractivity contribution in [2.24, 2.45) is 0 Å². The van der Waals surface area contributed by atoms with E-state index in [1.165, 1.54) is 0 Å². The Bertz CT molecular complexity index is 452. The van der Waals surface area contributed by atoms with Crippen LogP contribution in [0.25, 0.3) is 0 Å². The van der Waals surface area contributed by atoms with Crippen molar-refractivity contribution >= 4 is 11.9 Å². The average molecular weight is 240 g/mol. The molecule has 0 aromatic heterocycles. The van der Waals surface area contributed by atoms with Gasteiger partial charge >= 0.3 is 11.9 Å². The third-order valence-electron chi connectivity index (χ3n) is 1.82. The second-order valence-corrected chi connectivity index (χ2v) is 3.16. The number of ether oxygens (including phenoxy) is 2. The summed E-state index contributed by atoms with van der Waals surface area (Å²) in [6, 6.07) is 2.15. The molecular formula is C11H12O6. The third-order valence-corrected chi connectivity index (χ3v) is 1.82. The maximum atomic E-state index is 11.4. The van der Waals surface area contributed by atoms with E-state index in [-0.39, 0.29) is 17.9 Å². The summed E-state index contributed by atoms with van der Waals surface area (Å²) in [5, 5.41) is 18.8. The molecule has 0 saturated carbocycles. The fourth-order valence-corrected chi connectivity index (χ4v) is 1.16. The molecule has 1 aromatic rings. The summed E-state index contributed by atoms with van der Waals surface area (Å²) in [6.45, 7) is 2.93. The highest BCUT2D eigenvalue weighted by Gasteiger charge is 2.16. The molecule has 0 radical (unpaired) electrons. The fourth-order valence-electron chi connectivity index (χ4n) is 1.16. The van der Waals surface area contributed by atoms with E-state index in [1.54, 1.807) is 6.92 Å². The van der Waals surface area contributed by atoms with E-state index in [2.05, 4.69) is 4.74 Å². The van der Waals surface area contributed by atoms with E-state index in [9.17, 15) is 19.8 Å². The minimum Gasteiger partial charge on any atom is -0.504 e. The number of hydrogen-bond acceptors (Lipinski definition) is 6. The van der Waals surface area contributed by atoms with Gasteiger partial charge in [0.2, 0.25) is 5.75 Å². The van der Waals surface area contributed by atoms with Crippen LogP contribution in [0.3, 0.4) is 0 Å². The van der Waals surface area contributed by atoms with Gasteiger partial charge in [-0.3, -0.25) is 4.79 Å². The highest BCUT2D eigenvalue weighted by molar-refractivity contribution is 5.91. The minimum absolute atomic E-state index is 0.0154. The van der Waals surface area contributed by atoms with Crippen LogP contribution in [0.1, 0.15) is 24.2 Å². The first-order valence-electron chi connectivity index (χ1n) is 4.87. The Morgan fingerprint density at radius 3 is 2.47 bits per heavy atom. The minimum atomic E-state index is -0.684. The highest BCUT2D eigenvalue weighted by atomic mass is 16.5. The number of hydrogen-bond donors (Lipinski definition) is 2. The molecule has 0 unspecified atom stereocenters. The number of carbonyl (C=O) groups is 2. The van der Waals surface area contributed by atoms with Crippen LogP contribution < -0.4 is 4.74 Å². The summed E-state index contributed by atoms with van der Waals surface area (Å²) in [4.78, 5) is 22.1. The van der Waals surface area contributed by atoms with Crippen LogP contribution in [0.4, 0.5) is 0 Å². The molecule has 0 amide bonds. The molecule has 6 nitrogen and oxygen atoms in total. The Balaban J connectivity index is 3.13. The van der Waals surface area contributed by atoms with Crippen molar-refractivity contribution in [3.05, 3.63) is 17.7 Å². The molecule has 0 heterocycles. The Morgan fingerprint density at radius 2 is 1.94 bits per heavy atom. The Labute approximate surface area is 97.4 Å². The zero-order valence-corrected chi connectivity index (χ0v) is 9.39.